The van der Waals surface area contributed by atoms with Crippen molar-refractivity contribution in [1.82, 2.24) is 19.3 Å². The number of aromatic nitrogens is 3. The summed E-state index contributed by atoms with van der Waals surface area (Å²) in [5.74, 6) is 0.670. The number of hydrogen-bond donors (Lipinski definition) is 0. The van der Waals surface area contributed by atoms with Crippen LogP contribution in [0.25, 0.3) is 0 Å². The van der Waals surface area contributed by atoms with Crippen LogP contribution in [0, 0.1) is 0 Å². The molecule has 8 nitrogen and oxygen atoms in total. The van der Waals surface area contributed by atoms with Crippen LogP contribution in [-0.4, -0.2) is 61.5 Å². The molecule has 24 heavy (non-hydrogen) atoms. The van der Waals surface area contributed by atoms with Crippen LogP contribution in [-0.2, 0) is 14.8 Å². The van der Waals surface area contributed by atoms with Crippen LogP contribution in [0.3, 0.4) is 0 Å². The van der Waals surface area contributed by atoms with E-state index in [1.165, 1.54) is 10.5 Å². The third-order valence-corrected chi connectivity index (χ3v) is 5.58. The molecule has 0 aliphatic carbocycles. The first-order chi connectivity index (χ1) is 11.5. The van der Waals surface area contributed by atoms with Crippen LogP contribution in [0.4, 0.5) is 5.82 Å². The second-order valence-electron chi connectivity index (χ2n) is 5.57. The molecule has 1 aliphatic rings. The number of morpholine rings is 1. The summed E-state index contributed by atoms with van der Waals surface area (Å²) in [6, 6.07) is 3.15. The Morgan fingerprint density at radius 1 is 1.25 bits per heavy atom. The smallest absolute Gasteiger partial charge is 0.244 e. The molecule has 1 atom stereocenters. The summed E-state index contributed by atoms with van der Waals surface area (Å²) in [5.41, 5.74) is 0.633. The topological polar surface area (TPSA) is 88.5 Å². The Hall–Kier alpha value is -2.10. The molecule has 3 rings (SSSR count). The summed E-state index contributed by atoms with van der Waals surface area (Å²) >= 11 is 0. The van der Waals surface area contributed by atoms with Crippen molar-refractivity contribution in [3.05, 3.63) is 42.6 Å². The van der Waals surface area contributed by atoms with Crippen molar-refractivity contribution in [2.75, 3.05) is 38.7 Å². The predicted octanol–water partition coefficient (Wildman–Crippen LogP) is 0.700. The van der Waals surface area contributed by atoms with Crippen LogP contribution in [0.2, 0.25) is 0 Å². The quantitative estimate of drug-likeness (QED) is 0.803. The van der Waals surface area contributed by atoms with E-state index in [0.717, 1.165) is 0 Å². The molecular formula is C15H19N5O3S. The van der Waals surface area contributed by atoms with Crippen molar-refractivity contribution < 1.29 is 13.2 Å². The lowest BCUT2D eigenvalue weighted by Crippen LogP contribution is -2.42. The van der Waals surface area contributed by atoms with E-state index in [2.05, 4.69) is 15.0 Å². The number of rotatable bonds is 4. The molecule has 0 saturated carbocycles. The lowest BCUT2D eigenvalue weighted by atomic mass is 10.2. The molecule has 1 saturated heterocycles. The van der Waals surface area contributed by atoms with Crippen molar-refractivity contribution in [2.45, 2.75) is 11.0 Å². The van der Waals surface area contributed by atoms with Gasteiger partial charge >= 0.3 is 0 Å². The molecule has 2 aromatic heterocycles. The molecule has 0 spiro atoms. The Morgan fingerprint density at radius 2 is 2.04 bits per heavy atom. The van der Waals surface area contributed by atoms with E-state index in [0.29, 0.717) is 24.7 Å². The zero-order chi connectivity index (χ0) is 17.2. The van der Waals surface area contributed by atoms with Crippen molar-refractivity contribution in [1.29, 1.82) is 0 Å². The highest BCUT2D eigenvalue weighted by Crippen LogP contribution is 2.29. The van der Waals surface area contributed by atoms with Gasteiger partial charge in [-0.1, -0.05) is 0 Å². The van der Waals surface area contributed by atoms with E-state index in [9.17, 15) is 8.42 Å². The van der Waals surface area contributed by atoms with Gasteiger partial charge in [-0.2, -0.15) is 4.31 Å². The SMILES string of the molecule is CN(C)c1nccnc1[C@@H]1CN(S(=O)(=O)c2cccnc2)CCO1. The fourth-order valence-corrected chi connectivity index (χ4v) is 3.96. The summed E-state index contributed by atoms with van der Waals surface area (Å²) in [7, 11) is 0.116. The Bertz CT molecular complexity index is 798. The average molecular weight is 349 g/mol. The first kappa shape index (κ1) is 16.7. The summed E-state index contributed by atoms with van der Waals surface area (Å²) in [4.78, 5) is 14.6. The van der Waals surface area contributed by atoms with Gasteiger partial charge in [0.25, 0.3) is 0 Å². The minimum absolute atomic E-state index is 0.178. The Morgan fingerprint density at radius 3 is 2.75 bits per heavy atom. The number of pyridine rings is 1. The van der Waals surface area contributed by atoms with Gasteiger partial charge in [0.05, 0.1) is 6.61 Å². The van der Waals surface area contributed by atoms with Crippen LogP contribution in [0.15, 0.2) is 41.8 Å². The Kier molecular flexibility index (Phi) is 4.74. The second-order valence-corrected chi connectivity index (χ2v) is 7.51. The second kappa shape index (κ2) is 6.80. The standard InChI is InChI=1S/C15H19N5O3S/c1-19(2)15-14(17-6-7-18-15)13-11-20(8-9-23-13)24(21,22)12-4-3-5-16-10-12/h3-7,10,13H,8-9,11H2,1-2H3/t13-/m0/s1. The van der Waals surface area contributed by atoms with Crippen molar-refractivity contribution in [3.63, 3.8) is 0 Å². The van der Waals surface area contributed by atoms with E-state index in [4.69, 9.17) is 4.74 Å². The lowest BCUT2D eigenvalue weighted by molar-refractivity contribution is -0.00481. The van der Waals surface area contributed by atoms with E-state index >= 15 is 0 Å². The monoisotopic (exact) mass is 349 g/mol. The zero-order valence-electron chi connectivity index (χ0n) is 13.5. The minimum Gasteiger partial charge on any atom is -0.369 e. The van der Waals surface area contributed by atoms with Crippen molar-refractivity contribution in [2.24, 2.45) is 0 Å². The van der Waals surface area contributed by atoms with Crippen molar-refractivity contribution in [3.8, 4) is 0 Å². The molecule has 3 heterocycles. The van der Waals surface area contributed by atoms with Crippen molar-refractivity contribution >= 4 is 15.8 Å². The minimum atomic E-state index is -3.61. The number of hydrogen-bond acceptors (Lipinski definition) is 7. The molecular weight excluding hydrogens is 330 g/mol. The molecule has 2 aromatic rings. The van der Waals surface area contributed by atoms with Gasteiger partial charge in [-0.05, 0) is 12.1 Å². The largest absolute Gasteiger partial charge is 0.369 e. The summed E-state index contributed by atoms with van der Waals surface area (Å²) in [6.07, 6.45) is 5.63. The van der Waals surface area contributed by atoms with Gasteiger partial charge < -0.3 is 9.64 Å². The van der Waals surface area contributed by atoms with Gasteiger partial charge in [0.2, 0.25) is 10.0 Å². The van der Waals surface area contributed by atoms with Crippen LogP contribution in [0.5, 0.6) is 0 Å². The molecule has 0 aromatic carbocycles. The lowest BCUT2D eigenvalue weighted by Gasteiger charge is -2.32. The summed E-state index contributed by atoms with van der Waals surface area (Å²) in [5, 5.41) is 0. The van der Waals surface area contributed by atoms with E-state index < -0.39 is 16.1 Å². The molecule has 0 bridgehead atoms. The van der Waals surface area contributed by atoms with Gasteiger partial charge in [-0.25, -0.2) is 13.4 Å². The van der Waals surface area contributed by atoms with Gasteiger partial charge in [0.15, 0.2) is 5.82 Å². The molecule has 128 valence electrons. The van der Waals surface area contributed by atoms with E-state index in [1.54, 1.807) is 30.7 Å². The maximum Gasteiger partial charge on any atom is 0.244 e. The number of ether oxygens (including phenoxy) is 1. The molecule has 0 N–H and O–H groups in total. The molecule has 1 aliphatic heterocycles. The highest BCUT2D eigenvalue weighted by molar-refractivity contribution is 7.89. The predicted molar refractivity (Wildman–Crippen MR) is 88.0 cm³/mol. The van der Waals surface area contributed by atoms with E-state index in [-0.39, 0.29) is 11.4 Å². The first-order valence-electron chi connectivity index (χ1n) is 7.50. The molecule has 0 unspecified atom stereocenters. The van der Waals surface area contributed by atoms with Crippen LogP contribution < -0.4 is 4.90 Å². The average Bonchev–Trinajstić information content (AvgIpc) is 2.62. The number of sulfonamides is 1. The normalized spacial score (nSPS) is 19.2. The third kappa shape index (κ3) is 3.23. The number of anilines is 1. The molecule has 0 amide bonds. The zero-order valence-corrected chi connectivity index (χ0v) is 14.3. The summed E-state index contributed by atoms with van der Waals surface area (Å²) < 4.78 is 32.7. The molecule has 1 fully saturated rings. The van der Waals surface area contributed by atoms with Crippen LogP contribution in [0.1, 0.15) is 11.8 Å². The fourth-order valence-electron chi connectivity index (χ4n) is 2.57. The van der Waals surface area contributed by atoms with E-state index in [1.807, 2.05) is 19.0 Å². The van der Waals surface area contributed by atoms with Gasteiger partial charge in [-0.3, -0.25) is 9.97 Å². The van der Waals surface area contributed by atoms with Gasteiger partial charge in [0.1, 0.15) is 16.7 Å². The maximum absolute atomic E-state index is 12.8. The Balaban J connectivity index is 1.88. The molecule has 0 radical (unpaired) electrons. The Labute approximate surface area is 141 Å². The maximum atomic E-state index is 12.8. The fraction of sp³-hybridized carbons (Fsp3) is 0.400. The van der Waals surface area contributed by atoms with Crippen LogP contribution >= 0.6 is 0 Å². The van der Waals surface area contributed by atoms with Gasteiger partial charge in [0, 0.05) is 52.0 Å². The third-order valence-electron chi connectivity index (χ3n) is 3.74. The molecule has 9 heteroatoms. The van der Waals surface area contributed by atoms with Gasteiger partial charge in [-0.15, -0.1) is 0 Å². The summed E-state index contributed by atoms with van der Waals surface area (Å²) in [6.45, 7) is 0.787. The number of nitrogens with zero attached hydrogens (tertiary/aromatic N) is 5. The first-order valence-corrected chi connectivity index (χ1v) is 8.94. The highest BCUT2D eigenvalue weighted by atomic mass is 32.2. The highest BCUT2D eigenvalue weighted by Gasteiger charge is 2.33.